The molecule has 3 fully saturated rings. The number of sulfonamides is 1. The Hall–Kier alpha value is -2.67. The van der Waals surface area contributed by atoms with Crippen molar-refractivity contribution in [3.63, 3.8) is 0 Å². The number of fused-ring (bicyclic) bond motifs is 2. The molecule has 41 heavy (non-hydrogen) atoms. The Morgan fingerprint density at radius 3 is 2.46 bits per heavy atom. The quantitative estimate of drug-likeness (QED) is 0.352. The van der Waals surface area contributed by atoms with Gasteiger partial charge in [0.05, 0.1) is 11.4 Å². The number of carbonyl (C=O) groups excluding carboxylic acids is 4. The minimum Gasteiger partial charge on any atom is -0.444 e. The second-order valence-corrected chi connectivity index (χ2v) is 15.3. The van der Waals surface area contributed by atoms with Crippen LogP contribution in [0, 0.1) is 17.8 Å². The van der Waals surface area contributed by atoms with Crippen LogP contribution >= 0.6 is 0 Å². The first-order chi connectivity index (χ1) is 19.0. The van der Waals surface area contributed by atoms with Crippen LogP contribution in [0.1, 0.15) is 79.6 Å². The molecule has 4 rings (SSSR count). The van der Waals surface area contributed by atoms with Gasteiger partial charge in [0.2, 0.25) is 21.8 Å². The van der Waals surface area contributed by atoms with Gasteiger partial charge in [-0.1, -0.05) is 26.0 Å². The molecule has 2 unspecified atom stereocenters. The maximum absolute atomic E-state index is 13.9. The van der Waals surface area contributed by atoms with E-state index in [2.05, 4.69) is 22.3 Å². The number of nitrogens with zero attached hydrogens (tertiary/aromatic N) is 1. The Labute approximate surface area is 242 Å². The zero-order valence-electron chi connectivity index (χ0n) is 24.5. The second-order valence-electron chi connectivity index (χ2n) is 13.3. The van der Waals surface area contributed by atoms with Crippen LogP contribution in [0.2, 0.25) is 0 Å². The Morgan fingerprint density at radius 2 is 1.83 bits per heavy atom. The summed E-state index contributed by atoms with van der Waals surface area (Å²) in [6.07, 6.45) is 5.26. The van der Waals surface area contributed by atoms with E-state index >= 15 is 0 Å². The molecule has 0 aromatic rings. The molecular weight excluding hydrogens is 552 g/mol. The summed E-state index contributed by atoms with van der Waals surface area (Å²) in [5, 5.41) is 15.4. The number of hydrogen-bond acceptors (Lipinski definition) is 8. The molecule has 0 aromatic heterocycles. The highest BCUT2D eigenvalue weighted by molar-refractivity contribution is 7.91. The van der Waals surface area contributed by atoms with E-state index in [1.807, 2.05) is 19.1 Å². The zero-order valence-corrected chi connectivity index (χ0v) is 25.3. The summed E-state index contributed by atoms with van der Waals surface area (Å²) in [7, 11) is -3.84. The van der Waals surface area contributed by atoms with E-state index in [1.165, 1.54) is 4.90 Å². The first kappa shape index (κ1) is 31.3. The van der Waals surface area contributed by atoms with E-state index < -0.39 is 74.3 Å². The van der Waals surface area contributed by atoms with Gasteiger partial charge in [-0.3, -0.25) is 19.1 Å². The van der Waals surface area contributed by atoms with Gasteiger partial charge in [0, 0.05) is 18.9 Å². The van der Waals surface area contributed by atoms with E-state index in [1.54, 1.807) is 20.8 Å². The number of ether oxygens (including phenoxy) is 1. The molecule has 0 spiro atoms. The van der Waals surface area contributed by atoms with Gasteiger partial charge in [-0.15, -0.1) is 0 Å². The van der Waals surface area contributed by atoms with Crippen molar-refractivity contribution in [2.45, 2.75) is 114 Å². The lowest BCUT2D eigenvalue weighted by atomic mass is 9.88. The minimum atomic E-state index is -3.84. The van der Waals surface area contributed by atoms with Crippen molar-refractivity contribution in [2.75, 3.05) is 6.54 Å². The summed E-state index contributed by atoms with van der Waals surface area (Å²) in [6, 6.07) is -2.12. The summed E-state index contributed by atoms with van der Waals surface area (Å²) in [5.74, 6) is -2.50. The number of aliphatic hydroxyl groups excluding tert-OH is 1. The summed E-state index contributed by atoms with van der Waals surface area (Å²) >= 11 is 0. The molecule has 0 bridgehead atoms. The van der Waals surface area contributed by atoms with Crippen molar-refractivity contribution in [1.82, 2.24) is 20.3 Å². The normalized spacial score (nSPS) is 35.6. The van der Waals surface area contributed by atoms with Gasteiger partial charge >= 0.3 is 6.09 Å². The molecule has 2 saturated carbocycles. The molecule has 4 amide bonds. The first-order valence-corrected chi connectivity index (χ1v) is 16.1. The average Bonchev–Trinajstić information content (AvgIpc) is 3.76. The molecular formula is C28H44N4O8S. The molecule has 0 radical (unpaired) electrons. The van der Waals surface area contributed by atoms with E-state index in [4.69, 9.17) is 4.74 Å². The number of nitrogens with one attached hydrogen (secondary N) is 3. The number of allylic oxidation sites excluding steroid dienone is 1. The largest absolute Gasteiger partial charge is 0.444 e. The van der Waals surface area contributed by atoms with Crippen molar-refractivity contribution >= 4 is 33.8 Å². The van der Waals surface area contributed by atoms with Crippen LogP contribution in [-0.4, -0.2) is 83.4 Å². The highest BCUT2D eigenvalue weighted by Gasteiger charge is 2.62. The lowest BCUT2D eigenvalue weighted by Crippen LogP contribution is -2.59. The molecule has 4 N–H and O–H groups in total. The molecule has 2 aliphatic carbocycles. The Bertz CT molecular complexity index is 1190. The van der Waals surface area contributed by atoms with Crippen LogP contribution in [0.3, 0.4) is 0 Å². The van der Waals surface area contributed by atoms with Gasteiger partial charge in [-0.25, -0.2) is 13.2 Å². The average molecular weight is 597 g/mol. The maximum Gasteiger partial charge on any atom is 0.408 e. The highest BCUT2D eigenvalue weighted by atomic mass is 32.2. The third kappa shape index (κ3) is 7.40. The van der Waals surface area contributed by atoms with Gasteiger partial charge in [0.15, 0.2) is 0 Å². The molecule has 1 saturated heterocycles. The Kier molecular flexibility index (Phi) is 8.80. The van der Waals surface area contributed by atoms with Crippen LogP contribution in [-0.2, 0) is 29.1 Å². The smallest absolute Gasteiger partial charge is 0.408 e. The number of amides is 4. The molecule has 2 aliphatic heterocycles. The summed E-state index contributed by atoms with van der Waals surface area (Å²) in [5.41, 5.74) is -2.25. The number of aliphatic hydroxyl groups is 1. The fourth-order valence-electron chi connectivity index (χ4n) is 5.86. The van der Waals surface area contributed by atoms with Crippen LogP contribution in [0.5, 0.6) is 0 Å². The Morgan fingerprint density at radius 1 is 1.15 bits per heavy atom. The third-order valence-corrected chi connectivity index (χ3v) is 10.1. The van der Waals surface area contributed by atoms with Crippen molar-refractivity contribution in [1.29, 1.82) is 0 Å². The summed E-state index contributed by atoms with van der Waals surface area (Å²) in [4.78, 5) is 54.9. The standard InChI is InChI=1S/C28H44N4O8S/c1-16-8-6-7-9-18-14-28(18,25(36)31-41(38,39)20-10-11-20)30-23(34)21-13-19(33)15-32(21)24(35)22(17(2)12-16)29-26(37)40-27(3,4)5/h7,9,16-22,33H,6,8,10-15H2,1-5H3,(H,29,37)(H,30,34)(H,31,36)/b9-7-/t16?,17-,18-,19-,21?,22+,28-/m1/s1. The topological polar surface area (TPSA) is 171 Å². The molecule has 0 aromatic carbocycles. The lowest BCUT2D eigenvalue weighted by Gasteiger charge is -2.33. The van der Waals surface area contributed by atoms with E-state index in [0.29, 0.717) is 25.7 Å². The fraction of sp³-hybridized carbons (Fsp3) is 0.786. The van der Waals surface area contributed by atoms with Crippen molar-refractivity contribution in [3.8, 4) is 0 Å². The summed E-state index contributed by atoms with van der Waals surface area (Å²) in [6.45, 7) is 8.95. The number of hydrogen-bond donors (Lipinski definition) is 4. The predicted molar refractivity (Wildman–Crippen MR) is 150 cm³/mol. The zero-order chi connectivity index (χ0) is 30.3. The van der Waals surface area contributed by atoms with Gasteiger partial charge < -0.3 is 25.4 Å². The van der Waals surface area contributed by atoms with Gasteiger partial charge in [0.1, 0.15) is 23.2 Å². The molecule has 7 atom stereocenters. The van der Waals surface area contributed by atoms with Crippen LogP contribution in [0.25, 0.3) is 0 Å². The van der Waals surface area contributed by atoms with E-state index in [9.17, 15) is 32.7 Å². The highest BCUT2D eigenvalue weighted by Crippen LogP contribution is 2.46. The number of rotatable bonds is 4. The van der Waals surface area contributed by atoms with Crippen LogP contribution in [0.15, 0.2) is 12.2 Å². The van der Waals surface area contributed by atoms with Crippen LogP contribution < -0.4 is 15.4 Å². The second kappa shape index (κ2) is 11.5. The monoisotopic (exact) mass is 596 g/mol. The van der Waals surface area contributed by atoms with Crippen molar-refractivity contribution in [2.24, 2.45) is 17.8 Å². The molecule has 230 valence electrons. The van der Waals surface area contributed by atoms with E-state index in [-0.39, 0.29) is 31.2 Å². The molecule has 12 nitrogen and oxygen atoms in total. The number of carbonyl (C=O) groups is 4. The van der Waals surface area contributed by atoms with E-state index in [0.717, 1.165) is 6.42 Å². The van der Waals surface area contributed by atoms with Crippen LogP contribution in [0.4, 0.5) is 4.79 Å². The third-order valence-electron chi connectivity index (χ3n) is 8.31. The fourth-order valence-corrected chi connectivity index (χ4v) is 7.23. The Balaban J connectivity index is 1.62. The SMILES string of the molecule is CC1CC/C=C\[C@@H]2C[C@@]2(C(=O)NS(=O)(=O)C2CC2)NC(=O)C2C[C@@H](O)CN2C(=O)[C@@H](NC(=O)OC(C)(C)C)[C@H](C)C1. The van der Waals surface area contributed by atoms with Gasteiger partial charge in [-0.2, -0.15) is 0 Å². The lowest BCUT2D eigenvalue weighted by molar-refractivity contribution is -0.142. The molecule has 13 heteroatoms. The van der Waals surface area contributed by atoms with Crippen molar-refractivity contribution < 1.29 is 37.4 Å². The number of alkyl carbamates (subject to hydrolysis) is 1. The predicted octanol–water partition coefficient (Wildman–Crippen LogP) is 1.34. The molecule has 4 aliphatic rings. The summed E-state index contributed by atoms with van der Waals surface area (Å²) < 4.78 is 32.7. The minimum absolute atomic E-state index is 0.0555. The van der Waals surface area contributed by atoms with Gasteiger partial charge in [-0.05, 0) is 71.1 Å². The maximum atomic E-state index is 13.9. The molecule has 2 heterocycles. The van der Waals surface area contributed by atoms with Crippen molar-refractivity contribution in [3.05, 3.63) is 12.2 Å². The van der Waals surface area contributed by atoms with Gasteiger partial charge in [0.25, 0.3) is 5.91 Å². The first-order valence-electron chi connectivity index (χ1n) is 14.5.